The van der Waals surface area contributed by atoms with Crippen molar-refractivity contribution in [3.8, 4) is 0 Å². The molecule has 1 saturated heterocycles. The molecule has 0 saturated carbocycles. The van der Waals surface area contributed by atoms with E-state index in [4.69, 9.17) is 15.4 Å². The molecule has 0 spiro atoms. The lowest BCUT2D eigenvalue weighted by atomic mass is 9.94. The fourth-order valence-electron chi connectivity index (χ4n) is 1.62. The molecule has 1 rings (SSSR count). The number of nitrogens with one attached hydrogen (secondary N) is 2. The first kappa shape index (κ1) is 18.1. The maximum atomic E-state index is 7.63. The van der Waals surface area contributed by atoms with E-state index >= 15 is 0 Å². The molecule has 19 heavy (non-hydrogen) atoms. The first-order valence-corrected chi connectivity index (χ1v) is 6.87. The van der Waals surface area contributed by atoms with E-state index in [-0.39, 0.29) is 7.34 Å². The Bertz CT molecular complexity index is 276. The zero-order valence-electron chi connectivity index (χ0n) is 12.5. The van der Waals surface area contributed by atoms with Crippen LogP contribution in [0.4, 0.5) is 0 Å². The molecule has 1 fully saturated rings. The SMILES string of the molecule is C=C(OC(=N)C(C)C)C1CC[C@H](C)NC1.CCOO.[HH]. The first-order chi connectivity index (χ1) is 8.92. The smallest absolute Gasteiger partial charge is 0.189 e. The highest BCUT2D eigenvalue weighted by molar-refractivity contribution is 5.75. The Morgan fingerprint density at radius 1 is 1.53 bits per heavy atom. The molecule has 0 bridgehead atoms. The van der Waals surface area contributed by atoms with Gasteiger partial charge in [0.05, 0.1) is 6.61 Å². The predicted octanol–water partition coefficient (Wildman–Crippen LogP) is 3.28. The normalized spacial score (nSPS) is 22.4. The highest BCUT2D eigenvalue weighted by atomic mass is 17.1. The van der Waals surface area contributed by atoms with Gasteiger partial charge in [0.1, 0.15) is 5.76 Å². The first-order valence-electron chi connectivity index (χ1n) is 6.87. The van der Waals surface area contributed by atoms with E-state index in [1.807, 2.05) is 13.8 Å². The van der Waals surface area contributed by atoms with E-state index < -0.39 is 0 Å². The molecule has 5 heteroatoms. The zero-order valence-corrected chi connectivity index (χ0v) is 12.5. The summed E-state index contributed by atoms with van der Waals surface area (Å²) in [4.78, 5) is 3.54. The number of ether oxygens (including phenoxy) is 1. The van der Waals surface area contributed by atoms with Crippen LogP contribution in [0.1, 0.15) is 42.0 Å². The van der Waals surface area contributed by atoms with Gasteiger partial charge in [0.15, 0.2) is 5.90 Å². The van der Waals surface area contributed by atoms with Crippen LogP contribution in [0.5, 0.6) is 0 Å². The largest absolute Gasteiger partial charge is 0.448 e. The minimum Gasteiger partial charge on any atom is -0.448 e. The average molecular weight is 274 g/mol. The van der Waals surface area contributed by atoms with Crippen molar-refractivity contribution in [3.63, 3.8) is 0 Å². The van der Waals surface area contributed by atoms with Crippen molar-refractivity contribution in [3.05, 3.63) is 12.3 Å². The minimum atomic E-state index is 0. The summed E-state index contributed by atoms with van der Waals surface area (Å²) in [6.07, 6.45) is 2.26. The fourth-order valence-corrected chi connectivity index (χ4v) is 1.62. The third kappa shape index (κ3) is 7.97. The van der Waals surface area contributed by atoms with Gasteiger partial charge in [0.25, 0.3) is 0 Å². The van der Waals surface area contributed by atoms with E-state index in [0.717, 1.165) is 25.1 Å². The summed E-state index contributed by atoms with van der Waals surface area (Å²) in [6, 6.07) is 0.596. The van der Waals surface area contributed by atoms with Gasteiger partial charge in [0.2, 0.25) is 0 Å². The summed E-state index contributed by atoms with van der Waals surface area (Å²) in [5.74, 6) is 1.56. The van der Waals surface area contributed by atoms with E-state index in [1.165, 1.54) is 0 Å². The summed E-state index contributed by atoms with van der Waals surface area (Å²) >= 11 is 0. The van der Waals surface area contributed by atoms with Gasteiger partial charge in [-0.05, 0) is 26.7 Å². The quantitative estimate of drug-likeness (QED) is 0.242. The maximum absolute atomic E-state index is 7.63. The van der Waals surface area contributed by atoms with Crippen LogP contribution in [-0.4, -0.2) is 30.3 Å². The van der Waals surface area contributed by atoms with Crippen LogP contribution in [0, 0.1) is 17.2 Å². The summed E-state index contributed by atoms with van der Waals surface area (Å²) in [6.45, 7) is 13.0. The highest BCUT2D eigenvalue weighted by Gasteiger charge is 2.22. The van der Waals surface area contributed by atoms with Crippen molar-refractivity contribution in [2.45, 2.75) is 46.6 Å². The van der Waals surface area contributed by atoms with Gasteiger partial charge >= 0.3 is 0 Å². The molecule has 1 aliphatic rings. The third-order valence-electron chi connectivity index (χ3n) is 3.01. The molecular formula is C14H30N2O3. The van der Waals surface area contributed by atoms with Crippen molar-refractivity contribution < 1.29 is 16.3 Å². The molecule has 3 N–H and O–H groups in total. The monoisotopic (exact) mass is 274 g/mol. The number of piperidine rings is 1. The topological polar surface area (TPSA) is 74.6 Å². The summed E-state index contributed by atoms with van der Waals surface area (Å²) in [5, 5.41) is 18.4. The second-order valence-electron chi connectivity index (χ2n) is 5.09. The molecule has 2 atom stereocenters. The Morgan fingerprint density at radius 2 is 2.11 bits per heavy atom. The van der Waals surface area contributed by atoms with Crippen LogP contribution in [-0.2, 0) is 9.62 Å². The Labute approximate surface area is 117 Å². The second kappa shape index (κ2) is 9.95. The van der Waals surface area contributed by atoms with Crippen LogP contribution in [0.2, 0.25) is 0 Å². The Morgan fingerprint density at radius 3 is 2.47 bits per heavy atom. The van der Waals surface area contributed by atoms with Crippen molar-refractivity contribution >= 4 is 5.90 Å². The predicted molar refractivity (Wildman–Crippen MR) is 79.3 cm³/mol. The van der Waals surface area contributed by atoms with Gasteiger partial charge in [-0.2, -0.15) is 0 Å². The lowest BCUT2D eigenvalue weighted by molar-refractivity contribution is -0.237. The number of rotatable bonds is 4. The molecule has 0 aromatic carbocycles. The second-order valence-corrected chi connectivity index (χ2v) is 5.09. The fraction of sp³-hybridized carbons (Fsp3) is 0.786. The zero-order chi connectivity index (χ0) is 14.8. The molecule has 0 aromatic rings. The van der Waals surface area contributed by atoms with Crippen LogP contribution in [0.3, 0.4) is 0 Å². The number of hydrogen-bond acceptors (Lipinski definition) is 5. The highest BCUT2D eigenvalue weighted by Crippen LogP contribution is 2.22. The minimum absolute atomic E-state index is 0. The summed E-state index contributed by atoms with van der Waals surface area (Å²) in [7, 11) is 0. The van der Waals surface area contributed by atoms with Gasteiger partial charge in [-0.15, -0.1) is 0 Å². The molecule has 0 amide bonds. The molecule has 0 aliphatic carbocycles. The van der Waals surface area contributed by atoms with E-state index in [0.29, 0.717) is 24.5 Å². The van der Waals surface area contributed by atoms with Crippen LogP contribution in [0.25, 0.3) is 0 Å². The molecule has 5 nitrogen and oxygen atoms in total. The van der Waals surface area contributed by atoms with Crippen molar-refractivity contribution in [1.29, 1.82) is 5.41 Å². The molecular weight excluding hydrogens is 244 g/mol. The molecule has 114 valence electrons. The van der Waals surface area contributed by atoms with E-state index in [9.17, 15) is 0 Å². The van der Waals surface area contributed by atoms with Gasteiger partial charge in [0, 0.05) is 25.8 Å². The molecule has 1 heterocycles. The Kier molecular flexibility index (Phi) is 9.47. The standard InChI is InChI=1S/C12H22N2O.C2H6O2.H2/c1-8(2)12(13)15-10(4)11-6-5-9(3)14-7-11;1-2-4-3;/h8-9,11,13-14H,4-7H2,1-3H3;3H,2H2,1H3;1H/t9-,11?;;/m0../s1. The summed E-state index contributed by atoms with van der Waals surface area (Å²) < 4.78 is 5.44. The molecule has 1 aliphatic heterocycles. The van der Waals surface area contributed by atoms with Crippen LogP contribution < -0.4 is 5.32 Å². The average Bonchev–Trinajstić information content (AvgIpc) is 2.39. The van der Waals surface area contributed by atoms with Crippen molar-refractivity contribution in [1.82, 2.24) is 5.32 Å². The lowest BCUT2D eigenvalue weighted by Gasteiger charge is -2.29. The molecule has 0 aromatic heterocycles. The molecule has 1 unspecified atom stereocenters. The van der Waals surface area contributed by atoms with Crippen LogP contribution >= 0.6 is 0 Å². The van der Waals surface area contributed by atoms with Crippen molar-refractivity contribution in [2.75, 3.05) is 13.2 Å². The maximum Gasteiger partial charge on any atom is 0.189 e. The van der Waals surface area contributed by atoms with Gasteiger partial charge in [-0.25, -0.2) is 4.89 Å². The van der Waals surface area contributed by atoms with E-state index in [2.05, 4.69) is 23.7 Å². The lowest BCUT2D eigenvalue weighted by Crippen LogP contribution is -2.38. The Hall–Kier alpha value is -0.910. The van der Waals surface area contributed by atoms with Gasteiger partial charge in [-0.1, -0.05) is 20.4 Å². The third-order valence-corrected chi connectivity index (χ3v) is 3.01. The molecule has 0 radical (unpaired) electrons. The summed E-state index contributed by atoms with van der Waals surface area (Å²) in [5.41, 5.74) is 0. The van der Waals surface area contributed by atoms with Crippen LogP contribution in [0.15, 0.2) is 12.3 Å². The number of hydrogen-bond donors (Lipinski definition) is 3. The Balaban J connectivity index is 0. The van der Waals surface area contributed by atoms with E-state index in [1.54, 1.807) is 6.92 Å². The van der Waals surface area contributed by atoms with Gasteiger partial charge in [-0.3, -0.25) is 10.7 Å². The van der Waals surface area contributed by atoms with Gasteiger partial charge < -0.3 is 10.1 Å². The van der Waals surface area contributed by atoms with Crippen molar-refractivity contribution in [2.24, 2.45) is 11.8 Å².